The Morgan fingerprint density at radius 3 is 2.15 bits per heavy atom. The molecule has 1 saturated heterocycles. The predicted octanol–water partition coefficient (Wildman–Crippen LogP) is 2.64. The molecule has 0 atom stereocenters. The summed E-state index contributed by atoms with van der Waals surface area (Å²) in [6, 6.07) is 4.08. The number of alkyl halides is 3. The van der Waals surface area contributed by atoms with E-state index in [-0.39, 0.29) is 16.7 Å². The van der Waals surface area contributed by atoms with E-state index in [4.69, 9.17) is 0 Å². The molecule has 3 rings (SSSR count). The van der Waals surface area contributed by atoms with Gasteiger partial charge in [0.2, 0.25) is 10.0 Å². The van der Waals surface area contributed by atoms with Crippen molar-refractivity contribution in [1.82, 2.24) is 9.62 Å². The molecule has 1 aromatic carbocycles. The minimum atomic E-state index is -4.43. The van der Waals surface area contributed by atoms with E-state index in [0.717, 1.165) is 37.1 Å². The maximum absolute atomic E-state index is 12.5. The van der Waals surface area contributed by atoms with Gasteiger partial charge in [-0.2, -0.15) is 13.2 Å². The van der Waals surface area contributed by atoms with Crippen LogP contribution >= 0.6 is 0 Å². The third kappa shape index (κ3) is 4.37. The monoisotopic (exact) mass is 390 g/mol. The number of carbonyl (C=O) groups is 1. The molecule has 2 aliphatic rings. The van der Waals surface area contributed by atoms with Gasteiger partial charge in [0.1, 0.15) is 0 Å². The van der Waals surface area contributed by atoms with Crippen LogP contribution in [0.15, 0.2) is 24.3 Å². The van der Waals surface area contributed by atoms with Crippen LogP contribution in [-0.2, 0) is 16.2 Å². The number of sulfonamides is 1. The summed E-state index contributed by atoms with van der Waals surface area (Å²) in [5.74, 6) is -0.259. The Hall–Kier alpha value is -1.61. The lowest BCUT2D eigenvalue weighted by Gasteiger charge is -2.31. The van der Waals surface area contributed by atoms with E-state index >= 15 is 0 Å². The highest BCUT2D eigenvalue weighted by Gasteiger charge is 2.41. The average molecular weight is 390 g/mol. The number of benzene rings is 1. The van der Waals surface area contributed by atoms with Gasteiger partial charge in [-0.15, -0.1) is 0 Å². The third-order valence-corrected chi connectivity index (χ3v) is 7.30. The smallest absolute Gasteiger partial charge is 0.352 e. The largest absolute Gasteiger partial charge is 0.416 e. The fraction of sp³-hybridized carbons (Fsp3) is 0.588. The summed E-state index contributed by atoms with van der Waals surface area (Å²) >= 11 is 0. The number of amides is 1. The molecule has 26 heavy (non-hydrogen) atoms. The molecule has 1 N–H and O–H groups in total. The number of hydrogen-bond donors (Lipinski definition) is 1. The van der Waals surface area contributed by atoms with E-state index in [0.29, 0.717) is 32.5 Å². The van der Waals surface area contributed by atoms with Gasteiger partial charge in [0.25, 0.3) is 5.91 Å². The molecule has 1 amide bonds. The summed E-state index contributed by atoms with van der Waals surface area (Å²) < 4.78 is 63.5. The maximum Gasteiger partial charge on any atom is 0.416 e. The number of hydrogen-bond acceptors (Lipinski definition) is 3. The molecule has 5 nitrogen and oxygen atoms in total. The van der Waals surface area contributed by atoms with Crippen molar-refractivity contribution in [3.05, 3.63) is 35.4 Å². The number of rotatable bonds is 5. The lowest BCUT2D eigenvalue weighted by molar-refractivity contribution is -0.137. The molecule has 1 aromatic rings. The van der Waals surface area contributed by atoms with Crippen molar-refractivity contribution in [2.75, 3.05) is 19.6 Å². The Bertz CT molecular complexity index is 750. The normalized spacial score (nSPS) is 20.1. The van der Waals surface area contributed by atoms with Crippen molar-refractivity contribution >= 4 is 15.9 Å². The first-order valence-corrected chi connectivity index (χ1v) is 10.1. The van der Waals surface area contributed by atoms with Crippen LogP contribution < -0.4 is 5.32 Å². The van der Waals surface area contributed by atoms with Crippen LogP contribution in [0.2, 0.25) is 0 Å². The quantitative estimate of drug-likeness (QED) is 0.841. The van der Waals surface area contributed by atoms with Crippen molar-refractivity contribution in [2.45, 2.75) is 37.1 Å². The molecule has 0 bridgehead atoms. The van der Waals surface area contributed by atoms with Gasteiger partial charge < -0.3 is 5.32 Å². The fourth-order valence-electron chi connectivity index (χ4n) is 3.09. The first-order valence-electron chi connectivity index (χ1n) is 8.62. The van der Waals surface area contributed by atoms with E-state index in [1.165, 1.54) is 0 Å². The van der Waals surface area contributed by atoms with E-state index in [1.807, 2.05) is 0 Å². The second-order valence-corrected chi connectivity index (χ2v) is 9.08. The fourth-order valence-corrected chi connectivity index (χ4v) is 4.97. The second-order valence-electron chi connectivity index (χ2n) is 6.87. The molecule has 1 heterocycles. The Kier molecular flexibility index (Phi) is 5.30. The van der Waals surface area contributed by atoms with E-state index < -0.39 is 27.7 Å². The summed E-state index contributed by atoms with van der Waals surface area (Å²) in [4.78, 5) is 12.1. The Morgan fingerprint density at radius 1 is 1.08 bits per heavy atom. The first-order chi connectivity index (χ1) is 12.2. The van der Waals surface area contributed by atoms with E-state index in [2.05, 4.69) is 5.32 Å². The molecule has 9 heteroatoms. The molecule has 1 aliphatic carbocycles. The number of carbonyl (C=O) groups excluding carboxylic acids is 1. The van der Waals surface area contributed by atoms with Gasteiger partial charge in [-0.3, -0.25) is 4.79 Å². The highest BCUT2D eigenvalue weighted by Crippen LogP contribution is 2.33. The van der Waals surface area contributed by atoms with Crippen molar-refractivity contribution in [1.29, 1.82) is 0 Å². The van der Waals surface area contributed by atoms with Gasteiger partial charge in [0, 0.05) is 25.2 Å². The van der Waals surface area contributed by atoms with Crippen molar-refractivity contribution < 1.29 is 26.4 Å². The molecule has 1 aliphatic heterocycles. The minimum absolute atomic E-state index is 0.166. The van der Waals surface area contributed by atoms with Gasteiger partial charge in [-0.1, -0.05) is 0 Å². The average Bonchev–Trinajstić information content (AvgIpc) is 3.45. The van der Waals surface area contributed by atoms with Gasteiger partial charge in [0.15, 0.2) is 0 Å². The van der Waals surface area contributed by atoms with Crippen LogP contribution in [0.5, 0.6) is 0 Å². The van der Waals surface area contributed by atoms with Gasteiger partial charge in [-0.05, 0) is 55.9 Å². The Labute approximate surface area is 150 Å². The summed E-state index contributed by atoms with van der Waals surface area (Å²) in [5.41, 5.74) is -0.620. The zero-order valence-corrected chi connectivity index (χ0v) is 14.9. The van der Waals surface area contributed by atoms with Crippen LogP contribution in [0.3, 0.4) is 0 Å². The highest BCUT2D eigenvalue weighted by molar-refractivity contribution is 7.90. The minimum Gasteiger partial charge on any atom is -0.352 e. The first kappa shape index (κ1) is 19.2. The third-order valence-electron chi connectivity index (χ3n) is 4.90. The summed E-state index contributed by atoms with van der Waals surface area (Å²) in [6.07, 6.45) is -1.61. The summed E-state index contributed by atoms with van der Waals surface area (Å²) in [6.45, 7) is 1.30. The summed E-state index contributed by atoms with van der Waals surface area (Å²) in [5, 5.41) is 2.52. The van der Waals surface area contributed by atoms with Crippen LogP contribution in [0.4, 0.5) is 13.2 Å². The van der Waals surface area contributed by atoms with Crippen molar-refractivity contribution in [2.24, 2.45) is 5.92 Å². The molecule has 0 unspecified atom stereocenters. The lowest BCUT2D eigenvalue weighted by Crippen LogP contribution is -2.42. The highest BCUT2D eigenvalue weighted by atomic mass is 32.2. The number of piperidine rings is 1. The Morgan fingerprint density at radius 2 is 1.65 bits per heavy atom. The van der Waals surface area contributed by atoms with Crippen LogP contribution in [0.25, 0.3) is 0 Å². The predicted molar refractivity (Wildman–Crippen MR) is 90.0 cm³/mol. The molecule has 0 spiro atoms. The molecular formula is C17H21F3N2O3S. The maximum atomic E-state index is 12.5. The SMILES string of the molecule is O=C(NCC1CCN(S(=O)(=O)C2CC2)CC1)c1ccc(C(F)(F)F)cc1. The lowest BCUT2D eigenvalue weighted by atomic mass is 9.98. The number of nitrogens with zero attached hydrogens (tertiary/aromatic N) is 1. The molecular weight excluding hydrogens is 369 g/mol. The topological polar surface area (TPSA) is 66.5 Å². The van der Waals surface area contributed by atoms with E-state index in [9.17, 15) is 26.4 Å². The molecule has 2 fully saturated rings. The van der Waals surface area contributed by atoms with Gasteiger partial charge in [0.05, 0.1) is 10.8 Å². The van der Waals surface area contributed by atoms with Gasteiger partial charge in [-0.25, -0.2) is 12.7 Å². The zero-order valence-electron chi connectivity index (χ0n) is 14.1. The number of halogens is 3. The molecule has 1 saturated carbocycles. The van der Waals surface area contributed by atoms with Crippen molar-refractivity contribution in [3.63, 3.8) is 0 Å². The second kappa shape index (κ2) is 7.19. The van der Waals surface area contributed by atoms with Crippen LogP contribution in [-0.4, -0.2) is 43.5 Å². The Balaban J connectivity index is 1.47. The van der Waals surface area contributed by atoms with Crippen molar-refractivity contribution in [3.8, 4) is 0 Å². The van der Waals surface area contributed by atoms with E-state index in [1.54, 1.807) is 4.31 Å². The van der Waals surface area contributed by atoms with Gasteiger partial charge >= 0.3 is 6.18 Å². The molecule has 144 valence electrons. The summed E-state index contributed by atoms with van der Waals surface area (Å²) in [7, 11) is -3.15. The zero-order chi connectivity index (χ0) is 18.9. The van der Waals surface area contributed by atoms with Crippen LogP contribution in [0, 0.1) is 5.92 Å². The molecule has 0 aromatic heterocycles. The van der Waals surface area contributed by atoms with Crippen LogP contribution in [0.1, 0.15) is 41.6 Å². The standard InChI is InChI=1S/C17H21F3N2O3S/c18-17(19,20)14-3-1-13(2-4-14)16(23)21-11-12-7-9-22(10-8-12)26(24,25)15-5-6-15/h1-4,12,15H,5-11H2,(H,21,23). The molecule has 0 radical (unpaired) electrons. The number of nitrogens with one attached hydrogen (secondary N) is 1.